The first-order valence-electron chi connectivity index (χ1n) is 8.55. The SMILES string of the molecule is COc1cnc(Cl)cc1-c1cnccc1C(=O)Nc1nnc(C#CC2CC2(F)F)s1. The molecule has 11 heteroatoms. The summed E-state index contributed by atoms with van der Waals surface area (Å²) in [6, 6.07) is 3.11. The van der Waals surface area contributed by atoms with Crippen molar-refractivity contribution in [3.63, 3.8) is 0 Å². The summed E-state index contributed by atoms with van der Waals surface area (Å²) in [5.41, 5.74) is 1.33. The molecule has 1 aliphatic rings. The average molecular weight is 448 g/mol. The number of ether oxygens (including phenoxy) is 1. The van der Waals surface area contributed by atoms with Gasteiger partial charge in [0.2, 0.25) is 5.13 Å². The molecule has 1 amide bonds. The zero-order chi connectivity index (χ0) is 21.3. The molecule has 1 fully saturated rings. The Hall–Kier alpha value is -3.16. The second-order valence-corrected chi connectivity index (χ2v) is 7.65. The smallest absolute Gasteiger partial charge is 0.263 e. The summed E-state index contributed by atoms with van der Waals surface area (Å²) in [5, 5.41) is 10.9. The van der Waals surface area contributed by atoms with E-state index in [0.29, 0.717) is 22.4 Å². The molecule has 3 heterocycles. The number of methoxy groups -OCH3 is 1. The predicted octanol–water partition coefficient (Wildman–Crippen LogP) is 3.92. The first kappa shape index (κ1) is 20.1. The van der Waals surface area contributed by atoms with Crippen LogP contribution in [0.1, 0.15) is 21.8 Å². The molecule has 7 nitrogen and oxygen atoms in total. The monoisotopic (exact) mass is 447 g/mol. The van der Waals surface area contributed by atoms with Crippen LogP contribution in [-0.4, -0.2) is 39.1 Å². The fraction of sp³-hybridized carbons (Fsp3) is 0.211. The van der Waals surface area contributed by atoms with Gasteiger partial charge >= 0.3 is 0 Å². The molecule has 1 atom stereocenters. The Bertz CT molecular complexity index is 1190. The zero-order valence-electron chi connectivity index (χ0n) is 15.3. The van der Waals surface area contributed by atoms with Crippen LogP contribution < -0.4 is 10.1 Å². The molecule has 0 radical (unpaired) electrons. The number of anilines is 1. The number of hydrogen-bond acceptors (Lipinski definition) is 7. The summed E-state index contributed by atoms with van der Waals surface area (Å²) in [7, 11) is 1.48. The standard InChI is InChI=1S/C19H12ClF2N5O2S/c1-29-14-9-24-15(20)6-12(14)13-8-23-5-4-11(13)17(28)25-18-27-26-16(30-18)3-2-10-7-19(10,21)22/h4-6,8-10H,7H2,1H3,(H,25,27,28). The molecule has 152 valence electrons. The first-order valence-corrected chi connectivity index (χ1v) is 9.75. The Balaban J connectivity index is 1.57. The van der Waals surface area contributed by atoms with Crippen molar-refractivity contribution in [1.82, 2.24) is 20.2 Å². The fourth-order valence-corrected chi connectivity index (χ4v) is 3.36. The van der Waals surface area contributed by atoms with Gasteiger partial charge in [0.1, 0.15) is 10.9 Å². The number of rotatable bonds is 4. The quantitative estimate of drug-likeness (QED) is 0.481. The maximum absolute atomic E-state index is 12.9. The van der Waals surface area contributed by atoms with E-state index >= 15 is 0 Å². The van der Waals surface area contributed by atoms with Crippen molar-refractivity contribution in [2.45, 2.75) is 12.3 Å². The fourth-order valence-electron chi connectivity index (χ4n) is 2.60. The summed E-state index contributed by atoms with van der Waals surface area (Å²) in [4.78, 5) is 20.9. The lowest BCUT2D eigenvalue weighted by Crippen LogP contribution is -2.13. The maximum Gasteiger partial charge on any atom is 0.263 e. The number of aromatic nitrogens is 4. The molecule has 0 aliphatic heterocycles. The normalized spacial score (nSPS) is 16.3. The third kappa shape index (κ3) is 4.22. The van der Waals surface area contributed by atoms with E-state index in [-0.39, 0.29) is 21.7 Å². The summed E-state index contributed by atoms with van der Waals surface area (Å²) < 4.78 is 31.1. The van der Waals surface area contributed by atoms with E-state index in [9.17, 15) is 13.6 Å². The maximum atomic E-state index is 12.9. The highest BCUT2D eigenvalue weighted by molar-refractivity contribution is 7.15. The van der Waals surface area contributed by atoms with Crippen molar-refractivity contribution in [3.05, 3.63) is 46.4 Å². The minimum atomic E-state index is -2.72. The number of nitrogens with zero attached hydrogens (tertiary/aromatic N) is 4. The van der Waals surface area contributed by atoms with E-state index in [1.807, 2.05) is 0 Å². The summed E-state index contributed by atoms with van der Waals surface area (Å²) in [6.07, 6.45) is 4.19. The molecular formula is C19H12ClF2N5O2S. The Labute approximate surface area is 178 Å². The second-order valence-electron chi connectivity index (χ2n) is 6.28. The highest BCUT2D eigenvalue weighted by atomic mass is 35.5. The van der Waals surface area contributed by atoms with Crippen molar-refractivity contribution in [2.75, 3.05) is 12.4 Å². The van der Waals surface area contributed by atoms with Crippen molar-refractivity contribution in [2.24, 2.45) is 5.92 Å². The van der Waals surface area contributed by atoms with Gasteiger partial charge in [-0.25, -0.2) is 13.8 Å². The Kier molecular flexibility index (Phi) is 5.32. The van der Waals surface area contributed by atoms with E-state index in [1.54, 1.807) is 6.07 Å². The first-order chi connectivity index (χ1) is 14.4. The van der Waals surface area contributed by atoms with Crippen LogP contribution in [-0.2, 0) is 0 Å². The molecule has 0 aromatic carbocycles. The van der Waals surface area contributed by atoms with Crippen molar-refractivity contribution in [3.8, 4) is 28.7 Å². The molecule has 0 saturated heterocycles. The zero-order valence-corrected chi connectivity index (χ0v) is 16.9. The minimum absolute atomic E-state index is 0.189. The van der Waals surface area contributed by atoms with E-state index in [2.05, 4.69) is 37.3 Å². The highest BCUT2D eigenvalue weighted by Gasteiger charge is 2.56. The lowest BCUT2D eigenvalue weighted by Gasteiger charge is -2.12. The second kappa shape index (κ2) is 7.93. The molecule has 1 aliphatic carbocycles. The number of nitrogens with one attached hydrogen (secondary N) is 1. The van der Waals surface area contributed by atoms with Gasteiger partial charge in [0.25, 0.3) is 11.8 Å². The van der Waals surface area contributed by atoms with Crippen LogP contribution in [0, 0.1) is 17.8 Å². The number of alkyl halides is 2. The molecule has 1 N–H and O–H groups in total. The van der Waals surface area contributed by atoms with E-state index in [1.165, 1.54) is 31.8 Å². The highest BCUT2D eigenvalue weighted by Crippen LogP contribution is 2.48. The van der Waals surface area contributed by atoms with Gasteiger partial charge in [-0.05, 0) is 18.1 Å². The number of carbonyl (C=O) groups excluding carboxylic acids is 1. The van der Waals surface area contributed by atoms with Crippen LogP contribution in [0.2, 0.25) is 5.15 Å². The molecule has 0 bridgehead atoms. The Morgan fingerprint density at radius 3 is 2.90 bits per heavy atom. The Morgan fingerprint density at radius 2 is 2.17 bits per heavy atom. The molecule has 1 saturated carbocycles. The van der Waals surface area contributed by atoms with Gasteiger partial charge in [-0.3, -0.25) is 15.1 Å². The summed E-state index contributed by atoms with van der Waals surface area (Å²) in [5.74, 6) is 1.33. The number of carbonyl (C=O) groups is 1. The van der Waals surface area contributed by atoms with Crippen molar-refractivity contribution in [1.29, 1.82) is 0 Å². The van der Waals surface area contributed by atoms with Crippen LogP contribution in [0.3, 0.4) is 0 Å². The number of amides is 1. The summed E-state index contributed by atoms with van der Waals surface area (Å²) >= 11 is 6.99. The van der Waals surface area contributed by atoms with Crippen LogP contribution in [0.15, 0.2) is 30.7 Å². The minimum Gasteiger partial charge on any atom is -0.494 e. The van der Waals surface area contributed by atoms with Gasteiger partial charge in [-0.15, -0.1) is 10.2 Å². The van der Waals surface area contributed by atoms with Crippen LogP contribution in [0.25, 0.3) is 11.1 Å². The largest absolute Gasteiger partial charge is 0.494 e. The van der Waals surface area contributed by atoms with Gasteiger partial charge in [0.15, 0.2) is 5.01 Å². The van der Waals surface area contributed by atoms with Crippen molar-refractivity contribution < 1.29 is 18.3 Å². The van der Waals surface area contributed by atoms with Gasteiger partial charge in [-0.1, -0.05) is 28.9 Å². The number of hydrogen-bond donors (Lipinski definition) is 1. The Morgan fingerprint density at radius 1 is 1.37 bits per heavy atom. The van der Waals surface area contributed by atoms with E-state index in [4.69, 9.17) is 16.3 Å². The molecule has 4 rings (SSSR count). The predicted molar refractivity (Wildman–Crippen MR) is 107 cm³/mol. The topological polar surface area (TPSA) is 89.9 Å². The third-order valence-corrected chi connectivity index (χ3v) is 5.20. The average Bonchev–Trinajstić information content (AvgIpc) is 3.12. The van der Waals surface area contributed by atoms with Crippen LogP contribution in [0.4, 0.5) is 13.9 Å². The van der Waals surface area contributed by atoms with Gasteiger partial charge < -0.3 is 4.74 Å². The molecular weight excluding hydrogens is 436 g/mol. The lowest BCUT2D eigenvalue weighted by atomic mass is 10.0. The lowest BCUT2D eigenvalue weighted by molar-refractivity contribution is 0.102. The van der Waals surface area contributed by atoms with Gasteiger partial charge in [0.05, 0.1) is 24.8 Å². The number of pyridine rings is 2. The van der Waals surface area contributed by atoms with E-state index in [0.717, 1.165) is 11.3 Å². The van der Waals surface area contributed by atoms with Gasteiger partial charge in [0, 0.05) is 29.9 Å². The number of halogens is 3. The molecule has 3 aromatic heterocycles. The molecule has 3 aromatic rings. The van der Waals surface area contributed by atoms with Crippen molar-refractivity contribution >= 4 is 34.0 Å². The molecule has 30 heavy (non-hydrogen) atoms. The van der Waals surface area contributed by atoms with Crippen LogP contribution >= 0.6 is 22.9 Å². The van der Waals surface area contributed by atoms with E-state index < -0.39 is 17.7 Å². The summed E-state index contributed by atoms with van der Waals surface area (Å²) in [6.45, 7) is 0. The molecule has 0 spiro atoms. The third-order valence-electron chi connectivity index (χ3n) is 4.23. The molecule has 1 unspecified atom stereocenters. The van der Waals surface area contributed by atoms with Gasteiger partial charge in [-0.2, -0.15) is 0 Å². The van der Waals surface area contributed by atoms with Crippen LogP contribution in [0.5, 0.6) is 5.75 Å².